The molecule has 2 rings (SSSR count). The minimum absolute atomic E-state index is 0.0496. The smallest absolute Gasteiger partial charge is 0.258 e. The molecule has 0 fully saturated rings. The van der Waals surface area contributed by atoms with Crippen LogP contribution in [0.5, 0.6) is 5.75 Å². The first kappa shape index (κ1) is 20.8. The first-order valence-electron chi connectivity index (χ1n) is 8.70. The van der Waals surface area contributed by atoms with Gasteiger partial charge in [-0.15, -0.1) is 0 Å². The molecule has 0 saturated heterocycles. The van der Waals surface area contributed by atoms with E-state index in [4.69, 9.17) is 4.74 Å². The van der Waals surface area contributed by atoms with Gasteiger partial charge in [0.1, 0.15) is 5.75 Å². The molecule has 1 amide bonds. The Balaban J connectivity index is 2.10. The second-order valence-corrected chi connectivity index (χ2v) is 8.67. The molecule has 1 N–H and O–H groups in total. The summed E-state index contributed by atoms with van der Waals surface area (Å²) in [6, 6.07) is 14.4. The Morgan fingerprint density at radius 3 is 2.19 bits per heavy atom. The zero-order valence-corrected chi connectivity index (χ0v) is 16.9. The normalized spacial score (nSPS) is 11.3. The highest BCUT2D eigenvalue weighted by molar-refractivity contribution is 7.92. The molecule has 7 heteroatoms. The van der Waals surface area contributed by atoms with Crippen LogP contribution >= 0.6 is 0 Å². The van der Waals surface area contributed by atoms with Crippen LogP contribution in [0, 0.1) is 6.92 Å². The topological polar surface area (TPSA) is 75.7 Å². The van der Waals surface area contributed by atoms with E-state index in [0.717, 1.165) is 11.1 Å². The van der Waals surface area contributed by atoms with Crippen LogP contribution in [0.2, 0.25) is 0 Å². The SMILES string of the molecule is Cc1ccc(CN(c2ccc(OCC(=O)NC(C)C)cc2)S(C)(=O)=O)cc1. The number of nitrogens with one attached hydrogen (secondary N) is 1. The molecule has 6 nitrogen and oxygen atoms in total. The van der Waals surface area contributed by atoms with E-state index in [9.17, 15) is 13.2 Å². The van der Waals surface area contributed by atoms with Gasteiger partial charge in [0, 0.05) is 6.04 Å². The number of ether oxygens (including phenoxy) is 1. The lowest BCUT2D eigenvalue weighted by molar-refractivity contribution is -0.123. The lowest BCUT2D eigenvalue weighted by atomic mass is 10.1. The number of amides is 1. The highest BCUT2D eigenvalue weighted by atomic mass is 32.2. The van der Waals surface area contributed by atoms with E-state index in [1.54, 1.807) is 24.3 Å². The monoisotopic (exact) mass is 390 g/mol. The summed E-state index contributed by atoms with van der Waals surface area (Å²) in [5.74, 6) is 0.299. The number of hydrogen-bond acceptors (Lipinski definition) is 4. The molecule has 0 bridgehead atoms. The average molecular weight is 391 g/mol. The number of hydrogen-bond donors (Lipinski definition) is 1. The fraction of sp³-hybridized carbons (Fsp3) is 0.350. The highest BCUT2D eigenvalue weighted by Crippen LogP contribution is 2.23. The van der Waals surface area contributed by atoms with Crippen LogP contribution in [0.3, 0.4) is 0 Å². The molecular weight excluding hydrogens is 364 g/mol. The van der Waals surface area contributed by atoms with Crippen molar-refractivity contribution in [2.75, 3.05) is 17.2 Å². The number of anilines is 1. The summed E-state index contributed by atoms with van der Waals surface area (Å²) < 4.78 is 31.3. The molecule has 0 aliphatic carbocycles. The van der Waals surface area contributed by atoms with Crippen LogP contribution in [0.1, 0.15) is 25.0 Å². The largest absolute Gasteiger partial charge is 0.484 e. The maximum Gasteiger partial charge on any atom is 0.258 e. The van der Waals surface area contributed by atoms with E-state index in [1.807, 2.05) is 45.0 Å². The summed E-state index contributed by atoms with van der Waals surface area (Å²) in [5, 5.41) is 2.74. The number of sulfonamides is 1. The lowest BCUT2D eigenvalue weighted by Gasteiger charge is -2.23. The molecule has 0 spiro atoms. The zero-order valence-electron chi connectivity index (χ0n) is 16.1. The van der Waals surface area contributed by atoms with Crippen LogP contribution in [0.4, 0.5) is 5.69 Å². The number of nitrogens with zero attached hydrogens (tertiary/aromatic N) is 1. The van der Waals surface area contributed by atoms with Gasteiger partial charge in [-0.3, -0.25) is 9.10 Å². The minimum atomic E-state index is -3.45. The molecule has 27 heavy (non-hydrogen) atoms. The van der Waals surface area contributed by atoms with Gasteiger partial charge in [-0.2, -0.15) is 0 Å². The van der Waals surface area contributed by atoms with Crippen LogP contribution in [-0.4, -0.2) is 33.2 Å². The minimum Gasteiger partial charge on any atom is -0.484 e. The van der Waals surface area contributed by atoms with Gasteiger partial charge in [0.2, 0.25) is 10.0 Å². The molecule has 0 radical (unpaired) electrons. The third-order valence-electron chi connectivity index (χ3n) is 3.79. The number of rotatable bonds is 8. The molecular formula is C20H26N2O4S. The van der Waals surface area contributed by atoms with Crippen molar-refractivity contribution in [2.24, 2.45) is 0 Å². The Morgan fingerprint density at radius 1 is 1.07 bits per heavy atom. The lowest BCUT2D eigenvalue weighted by Crippen LogP contribution is -2.34. The van der Waals surface area contributed by atoms with E-state index in [0.29, 0.717) is 11.4 Å². The Labute approximate surface area is 161 Å². The maximum absolute atomic E-state index is 12.2. The predicted octanol–water partition coefficient (Wildman–Crippen LogP) is 2.86. The van der Waals surface area contributed by atoms with E-state index in [2.05, 4.69) is 5.32 Å². The summed E-state index contributed by atoms with van der Waals surface area (Å²) in [4.78, 5) is 11.6. The van der Waals surface area contributed by atoms with Crippen LogP contribution < -0.4 is 14.4 Å². The quantitative estimate of drug-likeness (QED) is 0.752. The van der Waals surface area contributed by atoms with Crippen molar-refractivity contribution in [2.45, 2.75) is 33.4 Å². The Kier molecular flexibility index (Phi) is 6.85. The summed E-state index contributed by atoms with van der Waals surface area (Å²) in [5.41, 5.74) is 2.56. The first-order valence-corrected chi connectivity index (χ1v) is 10.6. The van der Waals surface area contributed by atoms with E-state index >= 15 is 0 Å². The van der Waals surface area contributed by atoms with Gasteiger partial charge in [0.25, 0.3) is 5.91 Å². The van der Waals surface area contributed by atoms with Crippen molar-refractivity contribution in [3.63, 3.8) is 0 Å². The molecule has 2 aromatic rings. The van der Waals surface area contributed by atoms with Gasteiger partial charge in [-0.05, 0) is 50.6 Å². The fourth-order valence-electron chi connectivity index (χ4n) is 2.48. The Morgan fingerprint density at radius 2 is 1.67 bits per heavy atom. The molecule has 0 atom stereocenters. The predicted molar refractivity (Wildman–Crippen MR) is 107 cm³/mol. The molecule has 0 unspecified atom stereocenters. The molecule has 0 heterocycles. The number of aryl methyl sites for hydroxylation is 1. The standard InChI is InChI=1S/C20H26N2O4S/c1-15(2)21-20(23)14-26-19-11-9-18(10-12-19)22(27(4,24)25)13-17-7-5-16(3)6-8-17/h5-12,15H,13-14H2,1-4H3,(H,21,23). The van der Waals surface area contributed by atoms with Crippen molar-refractivity contribution >= 4 is 21.6 Å². The zero-order chi connectivity index (χ0) is 20.0. The van der Waals surface area contributed by atoms with E-state index < -0.39 is 10.0 Å². The van der Waals surface area contributed by atoms with Crippen LogP contribution in [0.25, 0.3) is 0 Å². The van der Waals surface area contributed by atoms with Crippen LogP contribution in [-0.2, 0) is 21.4 Å². The Hall–Kier alpha value is -2.54. The van der Waals surface area contributed by atoms with Crippen molar-refractivity contribution in [3.05, 3.63) is 59.7 Å². The Bertz CT molecular complexity index is 860. The van der Waals surface area contributed by atoms with Crippen molar-refractivity contribution in [1.29, 1.82) is 0 Å². The summed E-state index contributed by atoms with van der Waals surface area (Å²) >= 11 is 0. The van der Waals surface area contributed by atoms with Gasteiger partial charge in [-0.1, -0.05) is 29.8 Å². The van der Waals surface area contributed by atoms with E-state index in [-0.39, 0.29) is 25.1 Å². The first-order chi connectivity index (χ1) is 12.6. The third kappa shape index (κ3) is 6.60. The van der Waals surface area contributed by atoms with E-state index in [1.165, 1.54) is 10.6 Å². The molecule has 0 aromatic heterocycles. The average Bonchev–Trinajstić information content (AvgIpc) is 2.58. The van der Waals surface area contributed by atoms with Crippen LogP contribution in [0.15, 0.2) is 48.5 Å². The number of carbonyl (C=O) groups is 1. The second-order valence-electron chi connectivity index (χ2n) is 6.76. The summed E-state index contributed by atoms with van der Waals surface area (Å²) in [7, 11) is -3.45. The van der Waals surface area contributed by atoms with Gasteiger partial charge in [-0.25, -0.2) is 8.42 Å². The molecule has 0 saturated carbocycles. The van der Waals surface area contributed by atoms with Crippen molar-refractivity contribution in [3.8, 4) is 5.75 Å². The van der Waals surface area contributed by atoms with Gasteiger partial charge in [0.05, 0.1) is 18.5 Å². The summed E-state index contributed by atoms with van der Waals surface area (Å²) in [6.07, 6.45) is 1.18. The van der Waals surface area contributed by atoms with Gasteiger partial charge >= 0.3 is 0 Å². The number of carbonyl (C=O) groups excluding carboxylic acids is 1. The highest BCUT2D eigenvalue weighted by Gasteiger charge is 2.18. The third-order valence-corrected chi connectivity index (χ3v) is 4.93. The molecule has 0 aliphatic rings. The van der Waals surface area contributed by atoms with Gasteiger partial charge in [0.15, 0.2) is 6.61 Å². The molecule has 2 aromatic carbocycles. The van der Waals surface area contributed by atoms with Gasteiger partial charge < -0.3 is 10.1 Å². The molecule has 146 valence electrons. The fourth-order valence-corrected chi connectivity index (χ4v) is 3.37. The maximum atomic E-state index is 12.2. The van der Waals surface area contributed by atoms with Crippen molar-refractivity contribution in [1.82, 2.24) is 5.32 Å². The van der Waals surface area contributed by atoms with Crippen molar-refractivity contribution < 1.29 is 17.9 Å². The molecule has 0 aliphatic heterocycles. The number of benzene rings is 2. The summed E-state index contributed by atoms with van der Waals surface area (Å²) in [6.45, 7) is 5.89. The second kappa shape index (κ2) is 8.90.